The molecule has 4 heteroatoms. The van der Waals surface area contributed by atoms with Gasteiger partial charge in [0.05, 0.1) is 0 Å². The highest BCUT2D eigenvalue weighted by Crippen LogP contribution is 2.24. The molecule has 1 aliphatic rings. The zero-order valence-electron chi connectivity index (χ0n) is 11.5. The van der Waals surface area contributed by atoms with Gasteiger partial charge in [-0.05, 0) is 12.0 Å². The SMILES string of the molecule is CCC(c1ccccc1)N1CCN(C(=O)CO)CC1. The first-order valence-corrected chi connectivity index (χ1v) is 6.94. The average molecular weight is 262 g/mol. The van der Waals surface area contributed by atoms with Crippen molar-refractivity contribution in [3.8, 4) is 0 Å². The molecule has 1 fully saturated rings. The van der Waals surface area contributed by atoms with E-state index in [0.717, 1.165) is 19.5 Å². The molecular formula is C15H22N2O2. The molecule has 1 aromatic rings. The fourth-order valence-electron chi connectivity index (χ4n) is 2.76. The van der Waals surface area contributed by atoms with E-state index in [0.29, 0.717) is 19.1 Å². The quantitative estimate of drug-likeness (QED) is 0.889. The largest absolute Gasteiger partial charge is 0.387 e. The van der Waals surface area contributed by atoms with Crippen molar-refractivity contribution in [3.05, 3.63) is 35.9 Å². The van der Waals surface area contributed by atoms with Crippen LogP contribution in [0.15, 0.2) is 30.3 Å². The first-order valence-electron chi connectivity index (χ1n) is 6.94. The molecule has 1 aliphatic heterocycles. The van der Waals surface area contributed by atoms with Gasteiger partial charge in [-0.15, -0.1) is 0 Å². The van der Waals surface area contributed by atoms with E-state index in [1.165, 1.54) is 5.56 Å². The first-order chi connectivity index (χ1) is 9.26. The van der Waals surface area contributed by atoms with Crippen LogP contribution in [0.1, 0.15) is 24.9 Å². The smallest absolute Gasteiger partial charge is 0.248 e. The summed E-state index contributed by atoms with van der Waals surface area (Å²) in [5, 5.41) is 8.88. The Bertz CT molecular complexity index is 400. The second-order valence-corrected chi connectivity index (χ2v) is 4.91. The minimum atomic E-state index is -0.379. The summed E-state index contributed by atoms with van der Waals surface area (Å²) in [7, 11) is 0. The fraction of sp³-hybridized carbons (Fsp3) is 0.533. The van der Waals surface area contributed by atoms with E-state index in [1.54, 1.807) is 4.90 Å². The highest BCUT2D eigenvalue weighted by atomic mass is 16.3. The molecule has 1 unspecified atom stereocenters. The Morgan fingerprint density at radius 1 is 1.21 bits per heavy atom. The summed E-state index contributed by atoms with van der Waals surface area (Å²) >= 11 is 0. The van der Waals surface area contributed by atoms with Crippen molar-refractivity contribution in [2.45, 2.75) is 19.4 Å². The lowest BCUT2D eigenvalue weighted by Gasteiger charge is -2.39. The number of piperazine rings is 1. The number of hydrogen-bond donors (Lipinski definition) is 1. The Balaban J connectivity index is 1.98. The Kier molecular flexibility index (Phi) is 4.93. The molecule has 0 bridgehead atoms. The molecule has 0 aliphatic carbocycles. The Morgan fingerprint density at radius 3 is 2.37 bits per heavy atom. The van der Waals surface area contributed by atoms with Crippen LogP contribution in [-0.2, 0) is 4.79 Å². The third kappa shape index (κ3) is 3.33. The van der Waals surface area contributed by atoms with Crippen molar-refractivity contribution in [3.63, 3.8) is 0 Å². The number of aliphatic hydroxyl groups is 1. The standard InChI is InChI=1S/C15H22N2O2/c1-2-14(13-6-4-3-5-7-13)16-8-10-17(11-9-16)15(19)12-18/h3-7,14,18H,2,8-12H2,1H3. The molecule has 0 radical (unpaired) electrons. The van der Waals surface area contributed by atoms with Gasteiger partial charge in [0.2, 0.25) is 5.91 Å². The van der Waals surface area contributed by atoms with E-state index in [1.807, 2.05) is 6.07 Å². The lowest BCUT2D eigenvalue weighted by molar-refractivity contribution is -0.136. The average Bonchev–Trinajstić information content (AvgIpc) is 2.49. The first kappa shape index (κ1) is 14.0. The van der Waals surface area contributed by atoms with Crippen LogP contribution in [0.25, 0.3) is 0 Å². The highest BCUT2D eigenvalue weighted by Gasteiger charge is 2.25. The molecule has 4 nitrogen and oxygen atoms in total. The summed E-state index contributed by atoms with van der Waals surface area (Å²) in [5.41, 5.74) is 1.34. The highest BCUT2D eigenvalue weighted by molar-refractivity contribution is 5.77. The molecular weight excluding hydrogens is 240 g/mol. The van der Waals surface area contributed by atoms with Gasteiger partial charge in [-0.1, -0.05) is 37.3 Å². The normalized spacial score (nSPS) is 18.3. The van der Waals surface area contributed by atoms with Crippen molar-refractivity contribution >= 4 is 5.91 Å². The molecule has 0 aromatic heterocycles. The molecule has 1 aromatic carbocycles. The minimum absolute atomic E-state index is 0.160. The number of amides is 1. The van der Waals surface area contributed by atoms with Gasteiger partial charge < -0.3 is 10.0 Å². The Hall–Kier alpha value is -1.39. The van der Waals surface area contributed by atoms with Crippen LogP contribution in [0.3, 0.4) is 0 Å². The summed E-state index contributed by atoms with van der Waals surface area (Å²) in [6, 6.07) is 10.9. The maximum Gasteiger partial charge on any atom is 0.248 e. The molecule has 0 spiro atoms. The van der Waals surface area contributed by atoms with Crippen LogP contribution < -0.4 is 0 Å². The van der Waals surface area contributed by atoms with Gasteiger partial charge in [0.1, 0.15) is 6.61 Å². The monoisotopic (exact) mass is 262 g/mol. The van der Waals surface area contributed by atoms with Crippen LogP contribution in [0.2, 0.25) is 0 Å². The summed E-state index contributed by atoms with van der Waals surface area (Å²) in [6.07, 6.45) is 1.07. The maximum absolute atomic E-state index is 11.4. The van der Waals surface area contributed by atoms with Crippen LogP contribution in [0.5, 0.6) is 0 Å². The molecule has 1 N–H and O–H groups in total. The van der Waals surface area contributed by atoms with Crippen molar-refractivity contribution in [1.82, 2.24) is 9.80 Å². The summed E-state index contributed by atoms with van der Waals surface area (Å²) in [4.78, 5) is 15.6. The van der Waals surface area contributed by atoms with Gasteiger partial charge in [-0.2, -0.15) is 0 Å². The number of carbonyl (C=O) groups is 1. The number of hydrogen-bond acceptors (Lipinski definition) is 3. The van der Waals surface area contributed by atoms with E-state index in [4.69, 9.17) is 5.11 Å². The second kappa shape index (κ2) is 6.68. The molecule has 0 saturated carbocycles. The van der Waals surface area contributed by atoms with E-state index in [2.05, 4.69) is 36.1 Å². The van der Waals surface area contributed by atoms with E-state index >= 15 is 0 Å². The van der Waals surface area contributed by atoms with E-state index in [9.17, 15) is 4.79 Å². The van der Waals surface area contributed by atoms with Crippen LogP contribution in [0.4, 0.5) is 0 Å². The third-order valence-corrected chi connectivity index (χ3v) is 3.81. The van der Waals surface area contributed by atoms with Crippen molar-refractivity contribution in [1.29, 1.82) is 0 Å². The summed E-state index contributed by atoms with van der Waals surface area (Å²) in [6.45, 7) is 4.99. The topological polar surface area (TPSA) is 43.8 Å². The van der Waals surface area contributed by atoms with Crippen molar-refractivity contribution in [2.24, 2.45) is 0 Å². The summed E-state index contributed by atoms with van der Waals surface area (Å²) < 4.78 is 0. The summed E-state index contributed by atoms with van der Waals surface area (Å²) in [5.74, 6) is -0.160. The Labute approximate surface area is 114 Å². The molecule has 19 heavy (non-hydrogen) atoms. The van der Waals surface area contributed by atoms with Crippen molar-refractivity contribution in [2.75, 3.05) is 32.8 Å². The van der Waals surface area contributed by atoms with Gasteiger partial charge in [0, 0.05) is 32.2 Å². The minimum Gasteiger partial charge on any atom is -0.387 e. The van der Waals surface area contributed by atoms with Crippen LogP contribution >= 0.6 is 0 Å². The van der Waals surface area contributed by atoms with Gasteiger partial charge in [0.25, 0.3) is 0 Å². The maximum atomic E-state index is 11.4. The Morgan fingerprint density at radius 2 is 1.84 bits per heavy atom. The predicted octanol–water partition coefficient (Wildman–Crippen LogP) is 1.27. The molecule has 1 amide bonds. The third-order valence-electron chi connectivity index (χ3n) is 3.81. The lowest BCUT2D eigenvalue weighted by atomic mass is 10.0. The molecule has 1 heterocycles. The number of aliphatic hydroxyl groups excluding tert-OH is 1. The van der Waals surface area contributed by atoms with Crippen LogP contribution in [-0.4, -0.2) is 53.6 Å². The molecule has 1 atom stereocenters. The molecule has 1 saturated heterocycles. The van der Waals surface area contributed by atoms with Crippen molar-refractivity contribution < 1.29 is 9.90 Å². The van der Waals surface area contributed by atoms with Gasteiger partial charge in [-0.25, -0.2) is 0 Å². The van der Waals surface area contributed by atoms with E-state index < -0.39 is 0 Å². The van der Waals surface area contributed by atoms with Gasteiger partial charge in [0.15, 0.2) is 0 Å². The lowest BCUT2D eigenvalue weighted by Crippen LogP contribution is -2.50. The van der Waals surface area contributed by atoms with Gasteiger partial charge in [-0.3, -0.25) is 9.69 Å². The second-order valence-electron chi connectivity index (χ2n) is 4.91. The van der Waals surface area contributed by atoms with E-state index in [-0.39, 0.29) is 12.5 Å². The number of carbonyl (C=O) groups excluding carboxylic acids is 1. The molecule has 104 valence electrons. The molecule has 2 rings (SSSR count). The zero-order chi connectivity index (χ0) is 13.7. The zero-order valence-corrected chi connectivity index (χ0v) is 11.5. The van der Waals surface area contributed by atoms with Crippen LogP contribution in [0, 0.1) is 0 Å². The number of nitrogens with zero attached hydrogens (tertiary/aromatic N) is 2. The fourth-order valence-corrected chi connectivity index (χ4v) is 2.76. The van der Waals surface area contributed by atoms with Gasteiger partial charge >= 0.3 is 0 Å². The number of rotatable bonds is 4. The predicted molar refractivity (Wildman–Crippen MR) is 74.7 cm³/mol. The number of benzene rings is 1.